The average molecular weight is 622 g/mol. The van der Waals surface area contributed by atoms with E-state index in [1.54, 1.807) is 97.1 Å². The Labute approximate surface area is 256 Å². The van der Waals surface area contributed by atoms with Crippen LogP contribution in [0.5, 0.6) is 0 Å². The molecule has 0 saturated heterocycles. The third kappa shape index (κ3) is 8.45. The molecule has 0 aliphatic rings. The van der Waals surface area contributed by atoms with E-state index in [1.165, 1.54) is 0 Å². The van der Waals surface area contributed by atoms with Crippen molar-refractivity contribution in [2.24, 2.45) is 0 Å². The van der Waals surface area contributed by atoms with E-state index in [2.05, 4.69) is 0 Å². The van der Waals surface area contributed by atoms with Crippen molar-refractivity contribution in [3.05, 3.63) is 139 Å². The fourth-order valence-corrected chi connectivity index (χ4v) is 4.57. The van der Waals surface area contributed by atoms with Gasteiger partial charge in [0.05, 0.1) is 13.2 Å². The van der Waals surface area contributed by atoms with Gasteiger partial charge in [0, 0.05) is 33.3 Å². The minimum absolute atomic E-state index is 0.173. The highest BCUT2D eigenvalue weighted by Crippen LogP contribution is 2.33. The van der Waals surface area contributed by atoms with Crippen LogP contribution in [0, 0.1) is 0 Å². The monoisotopic (exact) mass is 620 g/mol. The molecule has 0 spiro atoms. The van der Waals surface area contributed by atoms with Crippen LogP contribution in [-0.2, 0) is 20.7 Å². The molecule has 0 amide bonds. The molecule has 8 heteroatoms. The number of benzene rings is 4. The molecule has 0 unspecified atom stereocenters. The molecule has 0 heterocycles. The molecule has 0 bridgehead atoms. The number of aliphatic hydroxyl groups is 2. The highest BCUT2D eigenvalue weighted by atomic mass is 35.5. The molecular weight excluding hydrogens is 590 g/mol. The van der Waals surface area contributed by atoms with E-state index in [0.717, 1.165) is 22.3 Å². The second-order valence-electron chi connectivity index (χ2n) is 9.02. The van der Waals surface area contributed by atoms with E-state index >= 15 is 0 Å². The predicted octanol–water partition coefficient (Wildman–Crippen LogP) is 8.53. The van der Waals surface area contributed by atoms with Crippen LogP contribution in [0.4, 0.5) is 0 Å². The summed E-state index contributed by atoms with van der Waals surface area (Å²) < 4.78 is 10.9. The lowest BCUT2D eigenvalue weighted by Gasteiger charge is -2.29. The zero-order valence-electron chi connectivity index (χ0n) is 22.3. The van der Waals surface area contributed by atoms with E-state index in [4.69, 9.17) is 55.9 Å². The van der Waals surface area contributed by atoms with Gasteiger partial charge >= 0.3 is 0 Å². The van der Waals surface area contributed by atoms with E-state index in [-0.39, 0.29) is 13.2 Å². The Morgan fingerprint density at radius 1 is 0.450 bits per heavy atom. The van der Waals surface area contributed by atoms with Crippen LogP contribution in [0.25, 0.3) is 0 Å². The first kappa shape index (κ1) is 32.4. The maximum absolute atomic E-state index is 11.1. The van der Waals surface area contributed by atoms with Crippen molar-refractivity contribution in [3.8, 4) is 0 Å². The Bertz CT molecular complexity index is 1110. The van der Waals surface area contributed by atoms with Gasteiger partial charge in [0.2, 0.25) is 0 Å². The summed E-state index contributed by atoms with van der Waals surface area (Å²) in [5, 5.41) is 24.6. The Balaban J connectivity index is 0.000000220. The van der Waals surface area contributed by atoms with E-state index in [0.29, 0.717) is 33.3 Å². The molecule has 0 aliphatic carbocycles. The quantitative estimate of drug-likeness (QED) is 0.186. The molecule has 0 fully saturated rings. The second kappa shape index (κ2) is 15.2. The standard InChI is InChI=1S/2C16H16Cl2O2/c2*1-2-20-11-16(19,12-3-7-14(17)8-4-12)13-5-9-15(18)10-6-13/h2*3-10,19H,2,11H2,1H3. The predicted molar refractivity (Wildman–Crippen MR) is 165 cm³/mol. The van der Waals surface area contributed by atoms with Crippen molar-refractivity contribution in [1.29, 1.82) is 0 Å². The maximum Gasteiger partial charge on any atom is 0.138 e. The summed E-state index contributed by atoms with van der Waals surface area (Å²) >= 11 is 23.6. The molecule has 2 N–H and O–H groups in total. The van der Waals surface area contributed by atoms with Crippen molar-refractivity contribution in [1.82, 2.24) is 0 Å². The first-order chi connectivity index (χ1) is 19.1. The molecule has 0 aromatic heterocycles. The maximum atomic E-state index is 11.1. The van der Waals surface area contributed by atoms with Crippen molar-refractivity contribution in [3.63, 3.8) is 0 Å². The van der Waals surface area contributed by atoms with E-state index in [1.807, 2.05) is 13.8 Å². The van der Waals surface area contributed by atoms with E-state index in [9.17, 15) is 10.2 Å². The van der Waals surface area contributed by atoms with Crippen LogP contribution < -0.4 is 0 Å². The van der Waals surface area contributed by atoms with Gasteiger partial charge in [-0.05, 0) is 84.6 Å². The van der Waals surface area contributed by atoms with Crippen LogP contribution in [0.2, 0.25) is 20.1 Å². The van der Waals surface area contributed by atoms with Crippen molar-refractivity contribution < 1.29 is 19.7 Å². The summed E-state index contributed by atoms with van der Waals surface area (Å²) in [6.45, 7) is 5.20. The molecule has 4 aromatic rings. The lowest BCUT2D eigenvalue weighted by Crippen LogP contribution is -2.33. The van der Waals surface area contributed by atoms with Gasteiger partial charge in [-0.15, -0.1) is 0 Å². The molecule has 4 rings (SSSR count). The number of rotatable bonds is 10. The van der Waals surface area contributed by atoms with Crippen LogP contribution >= 0.6 is 46.4 Å². The Morgan fingerprint density at radius 3 is 0.825 bits per heavy atom. The van der Waals surface area contributed by atoms with Crippen molar-refractivity contribution >= 4 is 46.4 Å². The van der Waals surface area contributed by atoms with Gasteiger partial charge in [0.1, 0.15) is 11.2 Å². The Kier molecular flexibility index (Phi) is 12.3. The summed E-state index contributed by atoms with van der Waals surface area (Å²) in [5.74, 6) is 0. The summed E-state index contributed by atoms with van der Waals surface area (Å²) in [7, 11) is 0. The molecular formula is C32H32Cl4O4. The van der Waals surface area contributed by atoms with Gasteiger partial charge in [-0.25, -0.2) is 0 Å². The summed E-state index contributed by atoms with van der Waals surface area (Å²) in [6.07, 6.45) is 0. The number of ether oxygens (including phenoxy) is 2. The lowest BCUT2D eigenvalue weighted by molar-refractivity contribution is -0.0183. The third-order valence-corrected chi connectivity index (χ3v) is 7.33. The fourth-order valence-electron chi connectivity index (χ4n) is 4.07. The van der Waals surface area contributed by atoms with Gasteiger partial charge in [-0.1, -0.05) is 94.9 Å². The molecule has 0 aliphatic heterocycles. The van der Waals surface area contributed by atoms with Crippen molar-refractivity contribution in [2.45, 2.75) is 25.0 Å². The first-order valence-electron chi connectivity index (χ1n) is 12.8. The van der Waals surface area contributed by atoms with Crippen LogP contribution in [0.1, 0.15) is 36.1 Å². The van der Waals surface area contributed by atoms with Gasteiger partial charge in [0.25, 0.3) is 0 Å². The lowest BCUT2D eigenvalue weighted by atomic mass is 9.87. The highest BCUT2D eigenvalue weighted by Gasteiger charge is 2.33. The van der Waals surface area contributed by atoms with Crippen LogP contribution in [-0.4, -0.2) is 36.6 Å². The molecule has 0 saturated carbocycles. The topological polar surface area (TPSA) is 58.9 Å². The molecule has 40 heavy (non-hydrogen) atoms. The van der Waals surface area contributed by atoms with Gasteiger partial charge < -0.3 is 19.7 Å². The smallest absolute Gasteiger partial charge is 0.138 e. The molecule has 4 aromatic carbocycles. The summed E-state index contributed by atoms with van der Waals surface area (Å²) in [6, 6.07) is 28.4. The van der Waals surface area contributed by atoms with Crippen LogP contribution in [0.3, 0.4) is 0 Å². The number of halogens is 4. The average Bonchev–Trinajstić information content (AvgIpc) is 2.96. The largest absolute Gasteiger partial charge is 0.378 e. The van der Waals surface area contributed by atoms with Crippen LogP contribution in [0.15, 0.2) is 97.1 Å². The summed E-state index contributed by atoms with van der Waals surface area (Å²) in [4.78, 5) is 0. The Morgan fingerprint density at radius 2 is 0.650 bits per heavy atom. The number of hydrogen-bond acceptors (Lipinski definition) is 4. The van der Waals surface area contributed by atoms with E-state index < -0.39 is 11.2 Å². The molecule has 0 radical (unpaired) electrons. The third-order valence-electron chi connectivity index (χ3n) is 6.32. The fraction of sp³-hybridized carbons (Fsp3) is 0.250. The van der Waals surface area contributed by atoms with Gasteiger partial charge in [0.15, 0.2) is 0 Å². The Hall–Kier alpha value is -2.12. The van der Waals surface area contributed by atoms with Gasteiger partial charge in [-0.3, -0.25) is 0 Å². The zero-order chi connectivity index (χ0) is 29.2. The first-order valence-corrected chi connectivity index (χ1v) is 14.3. The minimum atomic E-state index is -1.22. The second-order valence-corrected chi connectivity index (χ2v) is 10.8. The summed E-state index contributed by atoms with van der Waals surface area (Å²) in [5.41, 5.74) is 0.502. The van der Waals surface area contributed by atoms with Crippen molar-refractivity contribution in [2.75, 3.05) is 26.4 Å². The zero-order valence-corrected chi connectivity index (χ0v) is 25.3. The molecule has 4 nitrogen and oxygen atoms in total. The SMILES string of the molecule is CCOCC(O)(c1ccc(Cl)cc1)c1ccc(Cl)cc1.CCOCC(O)(c1ccc(Cl)cc1)c1ccc(Cl)cc1. The normalized spacial score (nSPS) is 11.6. The number of hydrogen-bond donors (Lipinski definition) is 2. The van der Waals surface area contributed by atoms with Gasteiger partial charge in [-0.2, -0.15) is 0 Å². The minimum Gasteiger partial charge on any atom is -0.378 e. The molecule has 212 valence electrons. The highest BCUT2D eigenvalue weighted by molar-refractivity contribution is 6.31. The molecule has 0 atom stereocenters.